The van der Waals surface area contributed by atoms with Gasteiger partial charge in [0, 0.05) is 12.1 Å². The maximum Gasteiger partial charge on any atom is 1.00 e. The quantitative estimate of drug-likeness (QED) is 0.549. The monoisotopic (exact) mass is 324 g/mol. The molecule has 0 radical (unpaired) electrons. The number of halogens is 2. The van der Waals surface area contributed by atoms with Gasteiger partial charge in [0.2, 0.25) is 0 Å². The summed E-state index contributed by atoms with van der Waals surface area (Å²) in [6, 6.07) is 0.837. The van der Waals surface area contributed by atoms with Gasteiger partial charge in [-0.25, -0.2) is 0 Å². The lowest BCUT2D eigenvalue weighted by Crippen LogP contribution is -3.00. The molecule has 0 aromatic heterocycles. The summed E-state index contributed by atoms with van der Waals surface area (Å²) in [7, 11) is 0. The summed E-state index contributed by atoms with van der Waals surface area (Å²) in [5.41, 5.74) is 12.5. The van der Waals surface area contributed by atoms with Crippen LogP contribution < -0.4 is 36.3 Å². The number of nitrogens with two attached hydrogens (primary N) is 2. The Bertz CT molecular complexity index is 245. The van der Waals surface area contributed by atoms with Crippen LogP contribution >= 0.6 is 0 Å². The fourth-order valence-corrected chi connectivity index (χ4v) is 4.62. The zero-order chi connectivity index (χ0) is 13.4. The maximum absolute atomic E-state index is 6.27. The Labute approximate surface area is 140 Å². The van der Waals surface area contributed by atoms with Crippen LogP contribution in [0.15, 0.2) is 0 Å². The first kappa shape index (κ1) is 20.5. The van der Waals surface area contributed by atoms with E-state index in [9.17, 15) is 0 Å². The van der Waals surface area contributed by atoms with Crippen molar-refractivity contribution in [3.63, 3.8) is 0 Å². The largest absolute Gasteiger partial charge is 1.00 e. The van der Waals surface area contributed by atoms with Crippen LogP contribution in [0.1, 0.15) is 56.2 Å². The summed E-state index contributed by atoms with van der Waals surface area (Å²) in [4.78, 5) is 0. The molecule has 2 aliphatic carbocycles. The average Bonchev–Trinajstić information content (AvgIpc) is 2.31. The van der Waals surface area contributed by atoms with Gasteiger partial charge in [0.1, 0.15) is 0 Å². The molecule has 4 heteroatoms. The third-order valence-corrected chi connectivity index (χ3v) is 5.99. The first-order valence-electron chi connectivity index (χ1n) is 7.91. The van der Waals surface area contributed by atoms with E-state index in [-0.39, 0.29) is 27.7 Å². The minimum absolute atomic E-state index is 0. The van der Waals surface area contributed by atoms with Gasteiger partial charge in [-0.1, -0.05) is 27.7 Å². The molecule has 4 N–H and O–H groups in total. The molecule has 0 bridgehead atoms. The zero-order valence-corrected chi connectivity index (χ0v) is 14.9. The van der Waals surface area contributed by atoms with E-state index in [0.717, 1.165) is 11.8 Å². The van der Waals surface area contributed by atoms with Gasteiger partial charge in [-0.2, -0.15) is 0 Å². The van der Waals surface area contributed by atoms with Crippen molar-refractivity contribution in [3.05, 3.63) is 0 Å². The Morgan fingerprint density at radius 2 is 0.800 bits per heavy atom. The molecule has 4 atom stereocenters. The summed E-state index contributed by atoms with van der Waals surface area (Å²) in [6.45, 7) is 9.37. The van der Waals surface area contributed by atoms with Gasteiger partial charge in [-0.3, -0.25) is 0 Å². The Balaban J connectivity index is -0.000000902. The number of rotatable bonds is 1. The molecule has 2 fully saturated rings. The second kappa shape index (κ2) is 8.22. The molecule has 4 unspecified atom stereocenters. The van der Waals surface area contributed by atoms with Crippen molar-refractivity contribution >= 4 is 0 Å². The molecule has 0 spiro atoms. The minimum atomic E-state index is 0. The molecule has 0 heterocycles. The first-order chi connectivity index (χ1) is 8.40. The van der Waals surface area contributed by atoms with Crippen LogP contribution in [0.3, 0.4) is 0 Å². The van der Waals surface area contributed by atoms with Crippen LogP contribution in [0.4, 0.5) is 0 Å². The predicted molar refractivity (Wildman–Crippen MR) is 80.3 cm³/mol. The summed E-state index contributed by atoms with van der Waals surface area (Å²) < 4.78 is 0. The molecule has 2 nitrogen and oxygen atoms in total. The van der Waals surface area contributed by atoms with Gasteiger partial charge in [0.25, 0.3) is 0 Å². The molecular formula is C16H34Cl2N2. The van der Waals surface area contributed by atoms with Crippen LogP contribution in [-0.2, 0) is 0 Å². The smallest absolute Gasteiger partial charge is 1.00 e. The summed E-state index contributed by atoms with van der Waals surface area (Å²) in [5.74, 6) is 4.57. The molecule has 2 saturated carbocycles. The highest BCUT2D eigenvalue weighted by Crippen LogP contribution is 2.44. The first-order valence-corrected chi connectivity index (χ1v) is 7.91. The van der Waals surface area contributed by atoms with Gasteiger partial charge in [-0.05, 0) is 61.2 Å². The Hall–Kier alpha value is 0.500. The maximum atomic E-state index is 6.27. The zero-order valence-electron chi connectivity index (χ0n) is 15.4. The normalized spacial score (nSPS) is 48.9. The Kier molecular flexibility index (Phi) is 8.42. The number of hydrogen-bond donors (Lipinski definition) is 2. The van der Waals surface area contributed by atoms with E-state index < -0.39 is 0 Å². The van der Waals surface area contributed by atoms with Gasteiger partial charge in [0.15, 0.2) is 0 Å². The molecule has 0 aliphatic heterocycles. The fourth-order valence-electron chi connectivity index (χ4n) is 4.62. The Morgan fingerprint density at radius 1 is 0.600 bits per heavy atom. The third-order valence-electron chi connectivity index (χ3n) is 5.99. The molecule has 0 saturated heterocycles. The van der Waals surface area contributed by atoms with Crippen molar-refractivity contribution in [2.75, 3.05) is 0 Å². The third kappa shape index (κ3) is 4.25. The fraction of sp³-hybridized carbons (Fsp3) is 1.00. The van der Waals surface area contributed by atoms with Crippen molar-refractivity contribution < 1.29 is 27.7 Å². The summed E-state index contributed by atoms with van der Waals surface area (Å²) in [6.07, 6.45) is 5.35. The van der Waals surface area contributed by atoms with E-state index in [2.05, 4.69) is 27.7 Å². The van der Waals surface area contributed by atoms with E-state index >= 15 is 0 Å². The molecule has 0 aromatic rings. The lowest BCUT2D eigenvalue weighted by molar-refractivity contribution is -0.001000. The molecule has 0 amide bonds. The average molecular weight is 325 g/mol. The second-order valence-corrected chi connectivity index (χ2v) is 7.53. The van der Waals surface area contributed by atoms with E-state index in [1.54, 1.807) is 0 Å². The van der Waals surface area contributed by atoms with E-state index in [1.807, 2.05) is 0 Å². The van der Waals surface area contributed by atoms with Crippen molar-refractivity contribution in [3.8, 4) is 0 Å². The van der Waals surface area contributed by atoms with Crippen molar-refractivity contribution in [1.29, 1.82) is 0 Å². The van der Waals surface area contributed by atoms with Crippen LogP contribution in [-0.4, -0.2) is 12.1 Å². The lowest BCUT2D eigenvalue weighted by atomic mass is 9.62. The van der Waals surface area contributed by atoms with Gasteiger partial charge >= 0.3 is 2.85 Å². The van der Waals surface area contributed by atoms with E-state index in [0.29, 0.717) is 35.8 Å². The van der Waals surface area contributed by atoms with E-state index in [4.69, 9.17) is 11.5 Å². The highest BCUT2D eigenvalue weighted by Gasteiger charge is 2.39. The molecule has 2 aliphatic rings. The SMILES string of the molecule is CC1CC(C2CC(C)C(N)C(C)C2)CC(C)C1N.[Cl-].[Cl-].[H+].[H+]. The van der Waals surface area contributed by atoms with Gasteiger partial charge < -0.3 is 36.3 Å². The standard InChI is InChI=1S/C16H32N2.2ClH/c1-9-5-13(6-10(2)15(9)17)14-7-11(3)16(18)12(4)8-14;;/h9-16H,5-8,17-18H2,1-4H3;2*1H. The summed E-state index contributed by atoms with van der Waals surface area (Å²) >= 11 is 0. The molecule has 0 aromatic carbocycles. The highest BCUT2D eigenvalue weighted by molar-refractivity contribution is 4.92. The molecule has 122 valence electrons. The van der Waals surface area contributed by atoms with Gasteiger partial charge in [-0.15, -0.1) is 0 Å². The van der Waals surface area contributed by atoms with Crippen molar-refractivity contribution in [2.24, 2.45) is 47.0 Å². The molecule has 2 rings (SSSR count). The minimum Gasteiger partial charge on any atom is -1.00 e. The van der Waals surface area contributed by atoms with Crippen LogP contribution in [0.5, 0.6) is 0 Å². The number of hydrogen-bond acceptors (Lipinski definition) is 2. The Morgan fingerprint density at radius 3 is 1.00 bits per heavy atom. The van der Waals surface area contributed by atoms with E-state index in [1.165, 1.54) is 25.7 Å². The molecule has 20 heavy (non-hydrogen) atoms. The topological polar surface area (TPSA) is 52.0 Å². The van der Waals surface area contributed by atoms with Crippen LogP contribution in [0.2, 0.25) is 0 Å². The van der Waals surface area contributed by atoms with Crippen LogP contribution in [0, 0.1) is 35.5 Å². The van der Waals surface area contributed by atoms with Gasteiger partial charge in [0.05, 0.1) is 0 Å². The van der Waals surface area contributed by atoms with Crippen molar-refractivity contribution in [1.82, 2.24) is 0 Å². The van der Waals surface area contributed by atoms with Crippen molar-refractivity contribution in [2.45, 2.75) is 65.5 Å². The highest BCUT2D eigenvalue weighted by atomic mass is 35.5. The summed E-state index contributed by atoms with van der Waals surface area (Å²) in [5, 5.41) is 0. The second-order valence-electron chi connectivity index (χ2n) is 7.53. The molecular weight excluding hydrogens is 291 g/mol. The van der Waals surface area contributed by atoms with Crippen LogP contribution in [0.25, 0.3) is 0 Å². The lowest BCUT2D eigenvalue weighted by Gasteiger charge is -2.45. The predicted octanol–water partition coefficient (Wildman–Crippen LogP) is -2.76.